The first-order valence-corrected chi connectivity index (χ1v) is 8.66. The third-order valence-electron chi connectivity index (χ3n) is 4.77. The van der Waals surface area contributed by atoms with E-state index >= 15 is 0 Å². The highest BCUT2D eigenvalue weighted by molar-refractivity contribution is 7.10. The van der Waals surface area contributed by atoms with E-state index in [4.69, 9.17) is 4.74 Å². The Morgan fingerprint density at radius 3 is 2.90 bits per heavy atom. The van der Waals surface area contributed by atoms with Crippen molar-refractivity contribution in [1.82, 2.24) is 10.2 Å². The number of carbonyl (C=O) groups is 1. The van der Waals surface area contributed by atoms with Gasteiger partial charge in [0.15, 0.2) is 0 Å². The summed E-state index contributed by atoms with van der Waals surface area (Å²) in [5.41, 5.74) is 0.297. The highest BCUT2D eigenvalue weighted by Gasteiger charge is 2.48. The molecular formula is C16H24N2O2S. The molecule has 2 unspecified atom stereocenters. The zero-order chi connectivity index (χ0) is 14.9. The topological polar surface area (TPSA) is 41.6 Å². The van der Waals surface area contributed by atoms with Gasteiger partial charge < -0.3 is 9.64 Å². The number of ether oxygens (including phenoxy) is 1. The number of rotatable bonds is 7. The summed E-state index contributed by atoms with van der Waals surface area (Å²) in [7, 11) is 1.75. The van der Waals surface area contributed by atoms with E-state index in [-0.39, 0.29) is 18.1 Å². The molecular weight excluding hydrogens is 284 g/mol. The molecule has 2 atom stereocenters. The van der Waals surface area contributed by atoms with Crippen molar-refractivity contribution in [2.24, 2.45) is 5.41 Å². The Morgan fingerprint density at radius 2 is 2.33 bits per heavy atom. The summed E-state index contributed by atoms with van der Waals surface area (Å²) in [5, 5.41) is 5.59. The molecule has 21 heavy (non-hydrogen) atoms. The Kier molecular flexibility index (Phi) is 4.33. The van der Waals surface area contributed by atoms with Crippen molar-refractivity contribution in [3.8, 4) is 0 Å². The van der Waals surface area contributed by atoms with E-state index < -0.39 is 0 Å². The minimum atomic E-state index is -0.0321. The molecule has 2 aliphatic rings. The summed E-state index contributed by atoms with van der Waals surface area (Å²) < 4.78 is 5.23. The number of amides is 1. The predicted octanol–water partition coefficient (Wildman–Crippen LogP) is 2.77. The van der Waals surface area contributed by atoms with E-state index in [9.17, 15) is 4.79 Å². The van der Waals surface area contributed by atoms with Crippen molar-refractivity contribution in [2.45, 2.75) is 44.8 Å². The van der Waals surface area contributed by atoms with Crippen LogP contribution in [0.5, 0.6) is 0 Å². The SMILES string of the molecule is CCC1NC(c2cccs2)N(CC2(CCOC)CC2)C1=O. The Balaban J connectivity index is 1.75. The van der Waals surface area contributed by atoms with Gasteiger partial charge in [0.2, 0.25) is 5.91 Å². The van der Waals surface area contributed by atoms with Gasteiger partial charge in [0.1, 0.15) is 6.17 Å². The number of nitrogens with zero attached hydrogens (tertiary/aromatic N) is 1. The molecule has 2 fully saturated rings. The van der Waals surface area contributed by atoms with Crippen molar-refractivity contribution in [3.63, 3.8) is 0 Å². The van der Waals surface area contributed by atoms with Gasteiger partial charge in [-0.3, -0.25) is 10.1 Å². The van der Waals surface area contributed by atoms with Gasteiger partial charge in [-0.05, 0) is 42.5 Å². The summed E-state index contributed by atoms with van der Waals surface area (Å²) in [6, 6.07) is 4.15. The van der Waals surface area contributed by atoms with Gasteiger partial charge in [0.25, 0.3) is 0 Å². The van der Waals surface area contributed by atoms with Gasteiger partial charge in [-0.2, -0.15) is 0 Å². The molecule has 3 rings (SSSR count). The van der Waals surface area contributed by atoms with Crippen LogP contribution < -0.4 is 5.32 Å². The Hall–Kier alpha value is -0.910. The fraction of sp³-hybridized carbons (Fsp3) is 0.688. The highest BCUT2D eigenvalue weighted by Crippen LogP contribution is 2.50. The standard InChI is InChI=1S/C16H24N2O2S/c1-3-12-15(19)18(11-16(6-7-16)8-9-20-2)14(17-12)13-5-4-10-21-13/h4-5,10,12,14,17H,3,6-9,11H2,1-2H3. The number of hydrogen-bond donors (Lipinski definition) is 1. The summed E-state index contributed by atoms with van der Waals surface area (Å²) in [4.78, 5) is 16.0. The molecule has 5 heteroatoms. The molecule has 2 heterocycles. The summed E-state index contributed by atoms with van der Waals surface area (Å²) >= 11 is 1.72. The number of carbonyl (C=O) groups excluding carboxylic acids is 1. The molecule has 0 bridgehead atoms. The van der Waals surface area contributed by atoms with Gasteiger partial charge in [-0.25, -0.2) is 0 Å². The maximum absolute atomic E-state index is 12.7. The first-order valence-electron chi connectivity index (χ1n) is 7.78. The van der Waals surface area contributed by atoms with Crippen LogP contribution in [0.4, 0.5) is 0 Å². The van der Waals surface area contributed by atoms with Crippen LogP contribution in [0, 0.1) is 5.41 Å². The van der Waals surface area contributed by atoms with E-state index in [1.807, 2.05) is 0 Å². The molecule has 0 radical (unpaired) electrons. The maximum Gasteiger partial charge on any atom is 0.241 e. The quantitative estimate of drug-likeness (QED) is 0.842. The number of nitrogens with one attached hydrogen (secondary N) is 1. The van der Waals surface area contributed by atoms with Crippen molar-refractivity contribution in [3.05, 3.63) is 22.4 Å². The minimum absolute atomic E-state index is 0.0321. The normalized spacial score (nSPS) is 27.3. The summed E-state index contributed by atoms with van der Waals surface area (Å²) in [6.07, 6.45) is 4.40. The fourth-order valence-electron chi connectivity index (χ4n) is 3.17. The smallest absolute Gasteiger partial charge is 0.241 e. The van der Waals surface area contributed by atoms with E-state index in [1.165, 1.54) is 17.7 Å². The molecule has 4 nitrogen and oxygen atoms in total. The second-order valence-corrected chi connectivity index (χ2v) is 7.23. The third-order valence-corrected chi connectivity index (χ3v) is 5.70. The molecule has 0 aromatic carbocycles. The molecule has 116 valence electrons. The minimum Gasteiger partial charge on any atom is -0.385 e. The lowest BCUT2D eigenvalue weighted by Crippen LogP contribution is -2.36. The predicted molar refractivity (Wildman–Crippen MR) is 84.1 cm³/mol. The van der Waals surface area contributed by atoms with E-state index in [1.54, 1.807) is 18.4 Å². The molecule has 1 saturated heterocycles. The van der Waals surface area contributed by atoms with Crippen LogP contribution in [0.25, 0.3) is 0 Å². The Bertz CT molecular complexity index is 484. The molecule has 1 aromatic rings. The van der Waals surface area contributed by atoms with Crippen LogP contribution in [0.15, 0.2) is 17.5 Å². The van der Waals surface area contributed by atoms with Gasteiger partial charge in [-0.1, -0.05) is 13.0 Å². The van der Waals surface area contributed by atoms with Crippen LogP contribution in [-0.2, 0) is 9.53 Å². The Labute approximate surface area is 130 Å². The van der Waals surface area contributed by atoms with Gasteiger partial charge >= 0.3 is 0 Å². The lowest BCUT2D eigenvalue weighted by molar-refractivity contribution is -0.131. The third kappa shape index (κ3) is 3.00. The first-order chi connectivity index (χ1) is 10.2. The molecule has 1 N–H and O–H groups in total. The van der Waals surface area contributed by atoms with Crippen LogP contribution in [0.3, 0.4) is 0 Å². The van der Waals surface area contributed by atoms with Gasteiger partial charge in [-0.15, -0.1) is 11.3 Å². The second-order valence-electron chi connectivity index (χ2n) is 6.25. The zero-order valence-corrected chi connectivity index (χ0v) is 13.6. The molecule has 0 spiro atoms. The zero-order valence-electron chi connectivity index (χ0n) is 12.8. The number of methoxy groups -OCH3 is 1. The lowest BCUT2D eigenvalue weighted by atomic mass is 10.0. The van der Waals surface area contributed by atoms with Crippen molar-refractivity contribution < 1.29 is 9.53 Å². The van der Waals surface area contributed by atoms with Gasteiger partial charge in [0, 0.05) is 25.1 Å². The maximum atomic E-state index is 12.7. The van der Waals surface area contributed by atoms with Crippen LogP contribution in [0.1, 0.15) is 43.6 Å². The number of hydrogen-bond acceptors (Lipinski definition) is 4. The number of thiophene rings is 1. The van der Waals surface area contributed by atoms with Gasteiger partial charge in [0.05, 0.1) is 6.04 Å². The lowest BCUT2D eigenvalue weighted by Gasteiger charge is -2.28. The van der Waals surface area contributed by atoms with Crippen molar-refractivity contribution in [2.75, 3.05) is 20.3 Å². The molecule has 1 aromatic heterocycles. The monoisotopic (exact) mass is 308 g/mol. The summed E-state index contributed by atoms with van der Waals surface area (Å²) in [5.74, 6) is 0.264. The van der Waals surface area contributed by atoms with E-state index in [0.29, 0.717) is 5.41 Å². The molecule has 1 aliphatic carbocycles. The average molecular weight is 308 g/mol. The molecule has 1 amide bonds. The first kappa shape index (κ1) is 15.0. The molecule has 1 saturated carbocycles. The molecule has 1 aliphatic heterocycles. The van der Waals surface area contributed by atoms with E-state index in [2.05, 4.69) is 34.7 Å². The summed E-state index contributed by atoms with van der Waals surface area (Å²) in [6.45, 7) is 3.72. The fourth-order valence-corrected chi connectivity index (χ4v) is 3.96. The average Bonchev–Trinajstić information content (AvgIpc) is 2.91. The van der Waals surface area contributed by atoms with Crippen molar-refractivity contribution >= 4 is 17.2 Å². The second kappa shape index (κ2) is 6.07. The van der Waals surface area contributed by atoms with E-state index in [0.717, 1.165) is 26.0 Å². The van der Waals surface area contributed by atoms with Crippen molar-refractivity contribution in [1.29, 1.82) is 0 Å². The van der Waals surface area contributed by atoms with Crippen LogP contribution >= 0.6 is 11.3 Å². The van der Waals surface area contributed by atoms with Crippen LogP contribution in [-0.4, -0.2) is 37.1 Å². The highest BCUT2D eigenvalue weighted by atomic mass is 32.1. The Morgan fingerprint density at radius 1 is 1.52 bits per heavy atom. The largest absolute Gasteiger partial charge is 0.385 e. The van der Waals surface area contributed by atoms with Crippen LogP contribution in [0.2, 0.25) is 0 Å².